The molecule has 4 rings (SSSR count). The Labute approximate surface area is 191 Å². The number of carbonyl (C=O) groups is 1. The van der Waals surface area contributed by atoms with Crippen molar-refractivity contribution in [3.05, 3.63) is 71.8 Å². The fourth-order valence-corrected chi connectivity index (χ4v) is 5.12. The number of piperazine rings is 1. The number of rotatable bonds is 9. The molecule has 0 atom stereocenters. The van der Waals surface area contributed by atoms with Crippen molar-refractivity contribution in [2.75, 3.05) is 32.7 Å². The molecule has 2 aromatic carbocycles. The molecule has 0 bridgehead atoms. The van der Waals surface area contributed by atoms with Gasteiger partial charge in [-0.05, 0) is 42.5 Å². The normalized spacial score (nSPS) is 17.7. The van der Waals surface area contributed by atoms with E-state index in [-0.39, 0.29) is 16.8 Å². The first-order chi connectivity index (χ1) is 15.5. The smallest absolute Gasteiger partial charge is 0.240 e. The Balaban J connectivity index is 1.18. The van der Waals surface area contributed by atoms with Crippen LogP contribution in [0.1, 0.15) is 30.4 Å². The van der Waals surface area contributed by atoms with Gasteiger partial charge in [-0.2, -0.15) is 0 Å². The Morgan fingerprint density at radius 3 is 2.31 bits per heavy atom. The van der Waals surface area contributed by atoms with Crippen LogP contribution in [-0.4, -0.2) is 62.9 Å². The number of carbonyl (C=O) groups excluding carboxylic acids is 1. The van der Waals surface area contributed by atoms with Crippen LogP contribution in [0.15, 0.2) is 65.6 Å². The predicted molar refractivity (Wildman–Crippen MR) is 127 cm³/mol. The van der Waals surface area contributed by atoms with Crippen LogP contribution in [0.3, 0.4) is 0 Å². The van der Waals surface area contributed by atoms with Crippen molar-refractivity contribution in [1.29, 1.82) is 0 Å². The molecule has 2 fully saturated rings. The predicted octanol–water partition coefficient (Wildman–Crippen LogP) is 2.92. The van der Waals surface area contributed by atoms with E-state index in [0.29, 0.717) is 12.8 Å². The lowest BCUT2D eigenvalue weighted by atomic mass is 10.1. The third kappa shape index (κ3) is 6.51. The molecule has 0 spiro atoms. The Bertz CT molecular complexity index is 1020. The van der Waals surface area contributed by atoms with Crippen molar-refractivity contribution in [3.8, 4) is 0 Å². The lowest BCUT2D eigenvalue weighted by molar-refractivity contribution is -0.132. The van der Waals surface area contributed by atoms with Crippen LogP contribution >= 0.6 is 0 Å². The highest BCUT2D eigenvalue weighted by molar-refractivity contribution is 7.89. The van der Waals surface area contributed by atoms with E-state index in [2.05, 4.69) is 33.9 Å². The molecule has 1 saturated heterocycles. The van der Waals surface area contributed by atoms with Crippen LogP contribution < -0.4 is 4.72 Å². The Morgan fingerprint density at radius 2 is 1.66 bits per heavy atom. The lowest BCUT2D eigenvalue weighted by Gasteiger charge is -2.34. The summed E-state index contributed by atoms with van der Waals surface area (Å²) in [7, 11) is -3.42. The molecule has 1 aliphatic heterocycles. The van der Waals surface area contributed by atoms with Gasteiger partial charge in [-0.25, -0.2) is 13.1 Å². The van der Waals surface area contributed by atoms with Gasteiger partial charge in [0.1, 0.15) is 0 Å². The summed E-state index contributed by atoms with van der Waals surface area (Å²) >= 11 is 0. The van der Waals surface area contributed by atoms with E-state index in [9.17, 15) is 13.2 Å². The summed E-state index contributed by atoms with van der Waals surface area (Å²) in [6, 6.07) is 17.2. The molecular formula is C25H31N3O3S. The second kappa shape index (κ2) is 10.4. The second-order valence-electron chi connectivity index (χ2n) is 8.53. The molecule has 0 aromatic heterocycles. The van der Waals surface area contributed by atoms with Crippen LogP contribution in [0.4, 0.5) is 0 Å². The molecule has 0 radical (unpaired) electrons. The number of nitrogens with zero attached hydrogens (tertiary/aromatic N) is 2. The lowest BCUT2D eigenvalue weighted by Crippen LogP contribution is -2.48. The maximum atomic E-state index is 12.6. The number of hydrogen-bond acceptors (Lipinski definition) is 4. The maximum absolute atomic E-state index is 12.6. The van der Waals surface area contributed by atoms with E-state index in [1.54, 1.807) is 12.1 Å². The minimum atomic E-state index is -3.42. The Morgan fingerprint density at radius 1 is 0.969 bits per heavy atom. The van der Waals surface area contributed by atoms with Gasteiger partial charge in [0.05, 0.1) is 4.90 Å². The van der Waals surface area contributed by atoms with Gasteiger partial charge < -0.3 is 4.90 Å². The molecule has 2 aromatic rings. The van der Waals surface area contributed by atoms with Crippen molar-refractivity contribution >= 4 is 22.0 Å². The molecule has 32 heavy (non-hydrogen) atoms. The van der Waals surface area contributed by atoms with E-state index in [4.69, 9.17) is 0 Å². The molecule has 170 valence electrons. The largest absolute Gasteiger partial charge is 0.340 e. The highest BCUT2D eigenvalue weighted by atomic mass is 32.2. The maximum Gasteiger partial charge on any atom is 0.240 e. The zero-order valence-electron chi connectivity index (χ0n) is 18.3. The topological polar surface area (TPSA) is 69.7 Å². The van der Waals surface area contributed by atoms with Gasteiger partial charge in [-0.1, -0.05) is 54.6 Å². The van der Waals surface area contributed by atoms with Gasteiger partial charge in [0.25, 0.3) is 0 Å². The van der Waals surface area contributed by atoms with Crippen LogP contribution in [-0.2, 0) is 21.2 Å². The van der Waals surface area contributed by atoms with E-state index in [1.807, 2.05) is 35.2 Å². The summed E-state index contributed by atoms with van der Waals surface area (Å²) in [5, 5.41) is 0. The number of hydrogen-bond donors (Lipinski definition) is 1. The highest BCUT2D eigenvalue weighted by Gasteiger charge is 2.28. The highest BCUT2D eigenvalue weighted by Crippen LogP contribution is 2.22. The summed E-state index contributed by atoms with van der Waals surface area (Å²) in [4.78, 5) is 17.2. The molecule has 6 nitrogen and oxygen atoms in total. The molecule has 1 aliphatic carbocycles. The third-order valence-corrected chi connectivity index (χ3v) is 7.50. The molecule has 1 amide bonds. The standard InChI is InChI=1S/C25H31N3O3S/c29-25(15-10-22-8-13-24(14-9-22)32(30,31)26-23-11-12-23)28-19-17-27(18-20-28)16-4-7-21-5-2-1-3-6-21/h1-9,13-14,23,26H,10-12,15-20H2/b7-4+. The Hall–Kier alpha value is -2.48. The minimum absolute atomic E-state index is 0.0950. The van der Waals surface area contributed by atoms with E-state index in [0.717, 1.165) is 51.1 Å². The second-order valence-corrected chi connectivity index (χ2v) is 10.2. The summed E-state index contributed by atoms with van der Waals surface area (Å²) in [5.74, 6) is 0.163. The van der Waals surface area contributed by atoms with Crippen LogP contribution in [0.2, 0.25) is 0 Å². The summed E-state index contributed by atoms with van der Waals surface area (Å²) in [5.41, 5.74) is 2.18. The van der Waals surface area contributed by atoms with Gasteiger partial charge in [0, 0.05) is 45.2 Å². The number of aryl methyl sites for hydroxylation is 1. The van der Waals surface area contributed by atoms with E-state index < -0.39 is 10.0 Å². The van der Waals surface area contributed by atoms with Gasteiger partial charge in [0.15, 0.2) is 0 Å². The van der Waals surface area contributed by atoms with Crippen molar-refractivity contribution in [3.63, 3.8) is 0 Å². The monoisotopic (exact) mass is 453 g/mol. The number of benzene rings is 2. The first-order valence-corrected chi connectivity index (χ1v) is 12.8. The van der Waals surface area contributed by atoms with E-state index >= 15 is 0 Å². The zero-order chi connectivity index (χ0) is 22.4. The average Bonchev–Trinajstić information content (AvgIpc) is 3.62. The number of sulfonamides is 1. The molecule has 1 N–H and O–H groups in total. The molecular weight excluding hydrogens is 422 g/mol. The van der Waals surface area contributed by atoms with Gasteiger partial charge in [0.2, 0.25) is 15.9 Å². The zero-order valence-corrected chi connectivity index (χ0v) is 19.1. The van der Waals surface area contributed by atoms with Crippen molar-refractivity contribution < 1.29 is 13.2 Å². The first kappa shape index (κ1) is 22.7. The quantitative estimate of drug-likeness (QED) is 0.634. The molecule has 1 saturated carbocycles. The summed E-state index contributed by atoms with van der Waals surface area (Å²) < 4.78 is 27.2. The van der Waals surface area contributed by atoms with Gasteiger partial charge >= 0.3 is 0 Å². The SMILES string of the molecule is O=C(CCc1ccc(S(=O)(=O)NC2CC2)cc1)N1CCN(C/C=C/c2ccccc2)CC1. The minimum Gasteiger partial charge on any atom is -0.340 e. The fourth-order valence-electron chi connectivity index (χ4n) is 3.82. The van der Waals surface area contributed by atoms with Crippen molar-refractivity contribution in [1.82, 2.24) is 14.5 Å². The molecule has 0 unspecified atom stereocenters. The van der Waals surface area contributed by atoms with Crippen molar-refractivity contribution in [2.45, 2.75) is 36.6 Å². The van der Waals surface area contributed by atoms with Crippen LogP contribution in [0.5, 0.6) is 0 Å². The molecule has 7 heteroatoms. The van der Waals surface area contributed by atoms with E-state index in [1.165, 1.54) is 5.56 Å². The molecule has 1 heterocycles. The van der Waals surface area contributed by atoms with Gasteiger partial charge in [-0.15, -0.1) is 0 Å². The average molecular weight is 454 g/mol. The van der Waals surface area contributed by atoms with Gasteiger partial charge in [-0.3, -0.25) is 9.69 Å². The Kier molecular flexibility index (Phi) is 7.40. The third-order valence-electron chi connectivity index (χ3n) is 5.96. The van der Waals surface area contributed by atoms with Crippen molar-refractivity contribution in [2.24, 2.45) is 0 Å². The number of amides is 1. The number of nitrogens with one attached hydrogen (secondary N) is 1. The molecule has 2 aliphatic rings. The summed E-state index contributed by atoms with van der Waals surface area (Å²) in [6.45, 7) is 4.16. The fraction of sp³-hybridized carbons (Fsp3) is 0.400. The van der Waals surface area contributed by atoms with Crippen LogP contribution in [0, 0.1) is 0 Å². The van der Waals surface area contributed by atoms with Crippen LogP contribution in [0.25, 0.3) is 6.08 Å². The summed E-state index contributed by atoms with van der Waals surface area (Å²) in [6.07, 6.45) is 7.21. The first-order valence-electron chi connectivity index (χ1n) is 11.3.